The second kappa shape index (κ2) is 6.05. The van der Waals surface area contributed by atoms with Gasteiger partial charge in [0.2, 0.25) is 0 Å². The summed E-state index contributed by atoms with van der Waals surface area (Å²) in [6.07, 6.45) is 6.95. The summed E-state index contributed by atoms with van der Waals surface area (Å²) < 4.78 is 0. The Morgan fingerprint density at radius 1 is 1.19 bits per heavy atom. The second-order valence-electron chi connectivity index (χ2n) is 5.03. The van der Waals surface area contributed by atoms with E-state index in [4.69, 9.17) is 0 Å². The van der Waals surface area contributed by atoms with Crippen LogP contribution >= 0.6 is 0 Å². The van der Waals surface area contributed by atoms with Gasteiger partial charge in [0.25, 0.3) is 0 Å². The predicted octanol–water partition coefficient (Wildman–Crippen LogP) is 3.32. The monoisotopic (exact) mass is 217 g/mol. The molecule has 1 aliphatic rings. The summed E-state index contributed by atoms with van der Waals surface area (Å²) in [6.45, 7) is 4.56. The average molecular weight is 217 g/mol. The van der Waals surface area contributed by atoms with E-state index in [-0.39, 0.29) is 0 Å². The first-order valence-corrected chi connectivity index (χ1v) is 6.61. The molecule has 0 aromatic heterocycles. The molecule has 16 heavy (non-hydrogen) atoms. The molecule has 0 bridgehead atoms. The van der Waals surface area contributed by atoms with E-state index in [0.29, 0.717) is 0 Å². The van der Waals surface area contributed by atoms with Crippen LogP contribution < -0.4 is 5.32 Å². The van der Waals surface area contributed by atoms with Gasteiger partial charge in [0.05, 0.1) is 0 Å². The third kappa shape index (κ3) is 3.34. The van der Waals surface area contributed by atoms with Gasteiger partial charge >= 0.3 is 0 Å². The fourth-order valence-electron chi connectivity index (χ4n) is 2.63. The van der Waals surface area contributed by atoms with Gasteiger partial charge in [-0.15, -0.1) is 0 Å². The Bertz CT molecular complexity index is 313. The lowest BCUT2D eigenvalue weighted by Crippen LogP contribution is -2.23. The van der Waals surface area contributed by atoms with E-state index in [2.05, 4.69) is 36.5 Å². The molecule has 0 saturated heterocycles. The van der Waals surface area contributed by atoms with E-state index in [1.807, 2.05) is 0 Å². The second-order valence-corrected chi connectivity index (χ2v) is 5.03. The first kappa shape index (κ1) is 11.7. The van der Waals surface area contributed by atoms with Crippen molar-refractivity contribution in [2.24, 2.45) is 5.92 Å². The van der Waals surface area contributed by atoms with Gasteiger partial charge in [0.1, 0.15) is 0 Å². The maximum atomic E-state index is 3.60. The Kier molecular flexibility index (Phi) is 4.41. The minimum atomic E-state index is 0.955. The van der Waals surface area contributed by atoms with Gasteiger partial charge in [-0.1, -0.05) is 37.1 Å². The molecule has 1 saturated carbocycles. The Morgan fingerprint density at radius 3 is 2.69 bits per heavy atom. The van der Waals surface area contributed by atoms with Crippen molar-refractivity contribution in [3.8, 4) is 0 Å². The van der Waals surface area contributed by atoms with Crippen molar-refractivity contribution in [2.45, 2.75) is 39.0 Å². The highest BCUT2D eigenvalue weighted by molar-refractivity contribution is 5.25. The summed E-state index contributed by atoms with van der Waals surface area (Å²) in [6, 6.07) is 8.70. The van der Waals surface area contributed by atoms with Crippen molar-refractivity contribution in [2.75, 3.05) is 13.1 Å². The first-order valence-electron chi connectivity index (χ1n) is 6.61. The van der Waals surface area contributed by atoms with Crippen LogP contribution in [0, 0.1) is 12.8 Å². The fraction of sp³-hybridized carbons (Fsp3) is 0.600. The highest BCUT2D eigenvalue weighted by atomic mass is 14.9. The fourth-order valence-corrected chi connectivity index (χ4v) is 2.63. The number of rotatable bonds is 5. The molecule has 0 spiro atoms. The quantitative estimate of drug-likeness (QED) is 0.746. The molecular weight excluding hydrogens is 194 g/mol. The molecule has 0 unspecified atom stereocenters. The summed E-state index contributed by atoms with van der Waals surface area (Å²) >= 11 is 0. The molecule has 0 aliphatic heterocycles. The summed E-state index contributed by atoms with van der Waals surface area (Å²) in [4.78, 5) is 0. The summed E-state index contributed by atoms with van der Waals surface area (Å²) in [7, 11) is 0. The normalized spacial score (nSPS) is 16.8. The van der Waals surface area contributed by atoms with E-state index in [1.54, 1.807) is 0 Å². The molecule has 1 aromatic carbocycles. The standard InChI is InChI=1S/C15H23N/c1-13-6-2-5-9-15(13)10-11-16-12-14-7-3-4-8-14/h2,5-6,9,14,16H,3-4,7-8,10-12H2,1H3. The Morgan fingerprint density at radius 2 is 1.94 bits per heavy atom. The molecule has 0 radical (unpaired) electrons. The van der Waals surface area contributed by atoms with Gasteiger partial charge in [-0.3, -0.25) is 0 Å². The van der Waals surface area contributed by atoms with Crippen molar-refractivity contribution in [3.05, 3.63) is 35.4 Å². The maximum Gasteiger partial charge on any atom is -0.000814 e. The first-order chi connectivity index (χ1) is 7.86. The Balaban J connectivity index is 1.66. The number of aryl methyl sites for hydroxylation is 1. The van der Waals surface area contributed by atoms with Crippen molar-refractivity contribution < 1.29 is 0 Å². The van der Waals surface area contributed by atoms with Crippen molar-refractivity contribution in [3.63, 3.8) is 0 Å². The highest BCUT2D eigenvalue weighted by Gasteiger charge is 2.13. The molecule has 88 valence electrons. The zero-order valence-corrected chi connectivity index (χ0v) is 10.3. The number of benzene rings is 1. The van der Waals surface area contributed by atoms with Crippen molar-refractivity contribution in [1.29, 1.82) is 0 Å². The lowest BCUT2D eigenvalue weighted by atomic mass is 10.1. The number of hydrogen-bond donors (Lipinski definition) is 1. The predicted molar refractivity (Wildman–Crippen MR) is 69.7 cm³/mol. The molecule has 1 aromatic rings. The minimum Gasteiger partial charge on any atom is -0.316 e. The van der Waals surface area contributed by atoms with Gasteiger partial charge in [-0.2, -0.15) is 0 Å². The zero-order valence-electron chi connectivity index (χ0n) is 10.3. The molecule has 1 heteroatoms. The van der Waals surface area contributed by atoms with Gasteiger partial charge in [0, 0.05) is 0 Å². The topological polar surface area (TPSA) is 12.0 Å². The van der Waals surface area contributed by atoms with Crippen LogP contribution in [0.4, 0.5) is 0 Å². The van der Waals surface area contributed by atoms with E-state index < -0.39 is 0 Å². The van der Waals surface area contributed by atoms with Crippen LogP contribution in [0.25, 0.3) is 0 Å². The van der Waals surface area contributed by atoms with Crippen LogP contribution in [0.1, 0.15) is 36.8 Å². The van der Waals surface area contributed by atoms with E-state index in [0.717, 1.165) is 12.5 Å². The number of hydrogen-bond acceptors (Lipinski definition) is 1. The van der Waals surface area contributed by atoms with Gasteiger partial charge in [0.15, 0.2) is 0 Å². The van der Waals surface area contributed by atoms with Crippen LogP contribution in [-0.2, 0) is 6.42 Å². The molecular formula is C15H23N. The largest absolute Gasteiger partial charge is 0.316 e. The van der Waals surface area contributed by atoms with Crippen LogP contribution in [0.5, 0.6) is 0 Å². The summed E-state index contributed by atoms with van der Waals surface area (Å²) in [5.74, 6) is 0.955. The lowest BCUT2D eigenvalue weighted by Gasteiger charge is -2.11. The van der Waals surface area contributed by atoms with E-state index >= 15 is 0 Å². The average Bonchev–Trinajstić information content (AvgIpc) is 2.79. The molecule has 1 N–H and O–H groups in total. The Labute approximate surface area is 99.3 Å². The van der Waals surface area contributed by atoms with Gasteiger partial charge in [-0.25, -0.2) is 0 Å². The summed E-state index contributed by atoms with van der Waals surface area (Å²) in [5.41, 5.74) is 2.91. The van der Waals surface area contributed by atoms with Crippen LogP contribution in [0.2, 0.25) is 0 Å². The smallest absolute Gasteiger partial charge is 0.000814 e. The van der Waals surface area contributed by atoms with Crippen LogP contribution in [0.3, 0.4) is 0 Å². The van der Waals surface area contributed by atoms with Crippen molar-refractivity contribution >= 4 is 0 Å². The molecule has 0 heterocycles. The SMILES string of the molecule is Cc1ccccc1CCNCC1CCCC1. The molecule has 1 nitrogen and oxygen atoms in total. The third-order valence-electron chi connectivity index (χ3n) is 3.74. The molecule has 0 atom stereocenters. The van der Waals surface area contributed by atoms with Gasteiger partial charge < -0.3 is 5.32 Å². The lowest BCUT2D eigenvalue weighted by molar-refractivity contribution is 0.491. The molecule has 1 fully saturated rings. The molecule has 0 amide bonds. The Hall–Kier alpha value is -0.820. The van der Waals surface area contributed by atoms with Crippen LogP contribution in [0.15, 0.2) is 24.3 Å². The number of nitrogens with one attached hydrogen (secondary N) is 1. The summed E-state index contributed by atoms with van der Waals surface area (Å²) in [5, 5.41) is 3.60. The minimum absolute atomic E-state index is 0.955. The van der Waals surface area contributed by atoms with E-state index in [9.17, 15) is 0 Å². The highest BCUT2D eigenvalue weighted by Crippen LogP contribution is 2.23. The molecule has 2 rings (SSSR count). The van der Waals surface area contributed by atoms with Gasteiger partial charge in [-0.05, 0) is 56.3 Å². The molecule has 1 aliphatic carbocycles. The van der Waals surface area contributed by atoms with Crippen molar-refractivity contribution in [1.82, 2.24) is 5.32 Å². The zero-order chi connectivity index (χ0) is 11.2. The van der Waals surface area contributed by atoms with Crippen LogP contribution in [-0.4, -0.2) is 13.1 Å². The third-order valence-corrected chi connectivity index (χ3v) is 3.74. The van der Waals surface area contributed by atoms with E-state index in [1.165, 1.54) is 49.8 Å². The maximum absolute atomic E-state index is 3.60.